The molecule has 19 heavy (non-hydrogen) atoms. The maximum atomic E-state index is 5.92. The van der Waals surface area contributed by atoms with E-state index in [1.54, 1.807) is 12.4 Å². The van der Waals surface area contributed by atoms with Crippen LogP contribution in [0.3, 0.4) is 0 Å². The van der Waals surface area contributed by atoms with Crippen LogP contribution in [0, 0.1) is 0 Å². The van der Waals surface area contributed by atoms with E-state index in [0.717, 1.165) is 17.8 Å². The topological polar surface area (TPSA) is 47.0 Å². The fourth-order valence-corrected chi connectivity index (χ4v) is 1.79. The SMILES string of the molecule is CCNCc1cncc(OCc2cccc(Cl)c2)n1. The molecule has 0 radical (unpaired) electrons. The van der Waals surface area contributed by atoms with E-state index in [-0.39, 0.29) is 0 Å². The first-order chi connectivity index (χ1) is 9.28. The standard InChI is InChI=1S/C14H16ClN3O/c1-2-16-7-13-8-17-9-14(18-13)19-10-11-4-3-5-12(15)6-11/h3-6,8-9,16H,2,7,10H2,1H3. The Hall–Kier alpha value is -1.65. The summed E-state index contributed by atoms with van der Waals surface area (Å²) < 4.78 is 5.61. The van der Waals surface area contributed by atoms with Crippen LogP contribution in [0.15, 0.2) is 36.7 Å². The number of nitrogens with zero attached hydrogens (tertiary/aromatic N) is 2. The van der Waals surface area contributed by atoms with Gasteiger partial charge in [-0.25, -0.2) is 4.98 Å². The molecule has 100 valence electrons. The lowest BCUT2D eigenvalue weighted by Crippen LogP contribution is -2.13. The molecule has 5 heteroatoms. The second kappa shape index (κ2) is 7.07. The van der Waals surface area contributed by atoms with Crippen LogP contribution in [0.25, 0.3) is 0 Å². The van der Waals surface area contributed by atoms with Crippen molar-refractivity contribution in [1.29, 1.82) is 0 Å². The third-order valence-electron chi connectivity index (χ3n) is 2.49. The van der Waals surface area contributed by atoms with Gasteiger partial charge in [-0.3, -0.25) is 4.98 Å². The van der Waals surface area contributed by atoms with Gasteiger partial charge in [-0.2, -0.15) is 0 Å². The first kappa shape index (κ1) is 13.8. The Kier molecular flexibility index (Phi) is 5.12. The van der Waals surface area contributed by atoms with Gasteiger partial charge in [0, 0.05) is 17.8 Å². The molecule has 0 saturated carbocycles. The lowest BCUT2D eigenvalue weighted by atomic mass is 10.2. The fourth-order valence-electron chi connectivity index (χ4n) is 1.58. The highest BCUT2D eigenvalue weighted by Crippen LogP contribution is 2.13. The first-order valence-corrected chi connectivity index (χ1v) is 6.54. The Morgan fingerprint density at radius 1 is 1.32 bits per heavy atom. The third-order valence-corrected chi connectivity index (χ3v) is 2.73. The van der Waals surface area contributed by atoms with Gasteiger partial charge in [0.25, 0.3) is 0 Å². The molecule has 2 rings (SSSR count). The molecule has 0 amide bonds. The predicted molar refractivity (Wildman–Crippen MR) is 75.2 cm³/mol. The molecule has 0 spiro atoms. The van der Waals surface area contributed by atoms with Gasteiger partial charge in [-0.15, -0.1) is 0 Å². The summed E-state index contributed by atoms with van der Waals surface area (Å²) in [7, 11) is 0. The molecule has 0 aliphatic carbocycles. The zero-order valence-corrected chi connectivity index (χ0v) is 11.5. The molecule has 0 fully saturated rings. The van der Waals surface area contributed by atoms with Crippen LogP contribution < -0.4 is 10.1 Å². The maximum absolute atomic E-state index is 5.92. The molecule has 0 aliphatic rings. The summed E-state index contributed by atoms with van der Waals surface area (Å²) in [6, 6.07) is 7.56. The number of aromatic nitrogens is 2. The van der Waals surface area contributed by atoms with Crippen molar-refractivity contribution in [3.63, 3.8) is 0 Å². The molecule has 4 nitrogen and oxygen atoms in total. The van der Waals surface area contributed by atoms with Gasteiger partial charge in [-0.05, 0) is 24.2 Å². The average Bonchev–Trinajstić information content (AvgIpc) is 2.43. The summed E-state index contributed by atoms with van der Waals surface area (Å²) >= 11 is 5.92. The minimum Gasteiger partial charge on any atom is -0.472 e. The quantitative estimate of drug-likeness (QED) is 0.882. The molecule has 0 unspecified atom stereocenters. The van der Waals surface area contributed by atoms with Gasteiger partial charge < -0.3 is 10.1 Å². The van der Waals surface area contributed by atoms with Crippen molar-refractivity contribution in [2.75, 3.05) is 6.54 Å². The van der Waals surface area contributed by atoms with Gasteiger partial charge in [0.15, 0.2) is 0 Å². The molecule has 1 aromatic carbocycles. The zero-order chi connectivity index (χ0) is 13.5. The summed E-state index contributed by atoms with van der Waals surface area (Å²) in [6.07, 6.45) is 3.34. The molecule has 1 aromatic heterocycles. The molecule has 0 saturated heterocycles. The van der Waals surface area contributed by atoms with E-state index in [0.29, 0.717) is 24.1 Å². The Morgan fingerprint density at radius 2 is 2.21 bits per heavy atom. The molecular weight excluding hydrogens is 262 g/mol. The van der Waals surface area contributed by atoms with Crippen molar-refractivity contribution in [1.82, 2.24) is 15.3 Å². The van der Waals surface area contributed by atoms with Gasteiger partial charge in [0.05, 0.1) is 11.9 Å². The molecule has 1 N–H and O–H groups in total. The number of rotatable bonds is 6. The van der Waals surface area contributed by atoms with Crippen molar-refractivity contribution >= 4 is 11.6 Å². The lowest BCUT2D eigenvalue weighted by Gasteiger charge is -2.07. The monoisotopic (exact) mass is 277 g/mol. The first-order valence-electron chi connectivity index (χ1n) is 6.17. The van der Waals surface area contributed by atoms with Gasteiger partial charge in [0.1, 0.15) is 6.61 Å². The fraction of sp³-hybridized carbons (Fsp3) is 0.286. The summed E-state index contributed by atoms with van der Waals surface area (Å²) in [4.78, 5) is 8.48. The van der Waals surface area contributed by atoms with Gasteiger partial charge in [0.2, 0.25) is 5.88 Å². The number of hydrogen-bond donors (Lipinski definition) is 1. The van der Waals surface area contributed by atoms with Crippen molar-refractivity contribution in [2.45, 2.75) is 20.1 Å². The molecule has 2 aromatic rings. The lowest BCUT2D eigenvalue weighted by molar-refractivity contribution is 0.291. The number of halogens is 1. The zero-order valence-electron chi connectivity index (χ0n) is 10.8. The van der Waals surface area contributed by atoms with E-state index in [2.05, 4.69) is 15.3 Å². The number of benzene rings is 1. The Balaban J connectivity index is 1.95. The van der Waals surface area contributed by atoms with Gasteiger partial charge >= 0.3 is 0 Å². The Morgan fingerprint density at radius 3 is 3.00 bits per heavy atom. The smallest absolute Gasteiger partial charge is 0.232 e. The maximum Gasteiger partial charge on any atom is 0.232 e. The second-order valence-electron chi connectivity index (χ2n) is 4.05. The Labute approximate surface area is 117 Å². The summed E-state index contributed by atoms with van der Waals surface area (Å²) in [5, 5.41) is 3.90. The van der Waals surface area contributed by atoms with Crippen LogP contribution >= 0.6 is 11.6 Å². The number of nitrogens with one attached hydrogen (secondary N) is 1. The van der Waals surface area contributed by atoms with Crippen molar-refractivity contribution in [3.8, 4) is 5.88 Å². The molecule has 0 aliphatic heterocycles. The Bertz CT molecular complexity index is 534. The predicted octanol–water partition coefficient (Wildman–Crippen LogP) is 2.82. The van der Waals surface area contributed by atoms with Crippen LogP contribution in [0.4, 0.5) is 0 Å². The van der Waals surface area contributed by atoms with E-state index < -0.39 is 0 Å². The normalized spacial score (nSPS) is 10.4. The van der Waals surface area contributed by atoms with Crippen molar-refractivity contribution in [3.05, 3.63) is 52.9 Å². The molecular formula is C14H16ClN3O. The summed E-state index contributed by atoms with van der Waals surface area (Å²) in [5.74, 6) is 0.523. The van der Waals surface area contributed by atoms with Crippen LogP contribution in [-0.4, -0.2) is 16.5 Å². The molecule has 0 atom stereocenters. The van der Waals surface area contributed by atoms with Crippen LogP contribution in [0.2, 0.25) is 5.02 Å². The minimum atomic E-state index is 0.430. The van der Waals surface area contributed by atoms with E-state index in [4.69, 9.17) is 16.3 Å². The highest BCUT2D eigenvalue weighted by atomic mass is 35.5. The highest BCUT2D eigenvalue weighted by molar-refractivity contribution is 6.30. The van der Waals surface area contributed by atoms with E-state index >= 15 is 0 Å². The molecule has 0 bridgehead atoms. The van der Waals surface area contributed by atoms with Crippen molar-refractivity contribution in [2.24, 2.45) is 0 Å². The van der Waals surface area contributed by atoms with Crippen LogP contribution in [0.1, 0.15) is 18.2 Å². The summed E-state index contributed by atoms with van der Waals surface area (Å²) in [5.41, 5.74) is 1.87. The van der Waals surface area contributed by atoms with Gasteiger partial charge in [-0.1, -0.05) is 30.7 Å². The average molecular weight is 278 g/mol. The third kappa shape index (κ3) is 4.50. The number of hydrogen-bond acceptors (Lipinski definition) is 4. The highest BCUT2D eigenvalue weighted by Gasteiger charge is 2.01. The number of ether oxygens (including phenoxy) is 1. The second-order valence-corrected chi connectivity index (χ2v) is 4.48. The molecule has 1 heterocycles. The van der Waals surface area contributed by atoms with Crippen LogP contribution in [-0.2, 0) is 13.2 Å². The van der Waals surface area contributed by atoms with E-state index in [1.165, 1.54) is 0 Å². The van der Waals surface area contributed by atoms with Crippen LogP contribution in [0.5, 0.6) is 5.88 Å². The largest absolute Gasteiger partial charge is 0.472 e. The van der Waals surface area contributed by atoms with Crippen molar-refractivity contribution < 1.29 is 4.74 Å². The van der Waals surface area contributed by atoms with E-state index in [9.17, 15) is 0 Å². The van der Waals surface area contributed by atoms with E-state index in [1.807, 2.05) is 31.2 Å². The minimum absolute atomic E-state index is 0.430. The summed E-state index contributed by atoms with van der Waals surface area (Å²) in [6.45, 7) is 4.07.